The number of hydrogen-bond acceptors (Lipinski definition) is 4. The van der Waals surface area contributed by atoms with E-state index in [-0.39, 0.29) is 5.91 Å². The summed E-state index contributed by atoms with van der Waals surface area (Å²) in [5.74, 6) is 0.158. The molecule has 1 aliphatic rings. The Morgan fingerprint density at radius 2 is 2.19 bits per heavy atom. The van der Waals surface area contributed by atoms with Crippen LogP contribution in [0.2, 0.25) is 5.02 Å². The number of nitrogens with zero attached hydrogens (tertiary/aromatic N) is 1. The van der Waals surface area contributed by atoms with E-state index < -0.39 is 0 Å². The predicted octanol–water partition coefficient (Wildman–Crippen LogP) is 5.09. The Labute approximate surface area is 161 Å². The van der Waals surface area contributed by atoms with Crippen LogP contribution in [0.15, 0.2) is 22.6 Å². The summed E-state index contributed by atoms with van der Waals surface area (Å²) in [7, 11) is 0. The molecule has 6 heteroatoms. The summed E-state index contributed by atoms with van der Waals surface area (Å²) in [6, 6.07) is 5.55. The molecule has 0 fully saturated rings. The molecule has 26 heavy (non-hydrogen) atoms. The Morgan fingerprint density at radius 1 is 1.35 bits per heavy atom. The lowest BCUT2D eigenvalue weighted by Crippen LogP contribution is -2.24. The first-order chi connectivity index (χ1) is 12.6. The lowest BCUT2D eigenvalue weighted by molar-refractivity contribution is 0.0927. The van der Waals surface area contributed by atoms with Gasteiger partial charge >= 0.3 is 0 Å². The minimum Gasteiger partial charge on any atom is -0.449 e. The third kappa shape index (κ3) is 3.38. The van der Waals surface area contributed by atoms with Gasteiger partial charge in [-0.05, 0) is 45.1 Å². The molecule has 0 spiro atoms. The molecule has 1 aliphatic carbocycles. The second-order valence-corrected chi connectivity index (χ2v) is 8.29. The highest BCUT2D eigenvalue weighted by Crippen LogP contribution is 2.30. The molecular weight excluding hydrogens is 368 g/mol. The van der Waals surface area contributed by atoms with Gasteiger partial charge in [-0.3, -0.25) is 4.79 Å². The van der Waals surface area contributed by atoms with Gasteiger partial charge in [0.25, 0.3) is 5.91 Å². The number of furan rings is 1. The van der Waals surface area contributed by atoms with E-state index in [0.717, 1.165) is 30.2 Å². The van der Waals surface area contributed by atoms with E-state index >= 15 is 0 Å². The van der Waals surface area contributed by atoms with E-state index in [1.807, 2.05) is 30.4 Å². The molecule has 1 amide bonds. The smallest absolute Gasteiger partial charge is 0.287 e. The van der Waals surface area contributed by atoms with Crippen molar-refractivity contribution >= 4 is 39.8 Å². The quantitative estimate of drug-likeness (QED) is 0.619. The van der Waals surface area contributed by atoms with Gasteiger partial charge in [0.1, 0.15) is 0 Å². The van der Waals surface area contributed by atoms with Gasteiger partial charge in [-0.25, -0.2) is 4.98 Å². The molecule has 2 heterocycles. The fraction of sp³-hybridized carbons (Fsp3) is 0.400. The number of aryl methyl sites for hydroxylation is 4. The lowest BCUT2D eigenvalue weighted by atomic mass is 10.0. The maximum atomic E-state index is 12.5. The predicted molar refractivity (Wildman–Crippen MR) is 105 cm³/mol. The molecule has 4 nitrogen and oxygen atoms in total. The van der Waals surface area contributed by atoms with Gasteiger partial charge in [-0.2, -0.15) is 0 Å². The Morgan fingerprint density at radius 3 is 3.00 bits per heavy atom. The molecule has 0 atom stereocenters. The van der Waals surface area contributed by atoms with Crippen LogP contribution < -0.4 is 5.32 Å². The number of amides is 1. The van der Waals surface area contributed by atoms with Crippen molar-refractivity contribution in [3.8, 4) is 0 Å². The number of nitrogens with one attached hydrogen (secondary N) is 1. The molecule has 1 N–H and O–H groups in total. The monoisotopic (exact) mass is 388 g/mol. The Hall–Kier alpha value is -1.85. The molecule has 1 aromatic carbocycles. The minimum atomic E-state index is -0.187. The van der Waals surface area contributed by atoms with Crippen molar-refractivity contribution in [3.63, 3.8) is 0 Å². The third-order valence-electron chi connectivity index (χ3n) is 4.86. The number of rotatable bonds is 5. The van der Waals surface area contributed by atoms with Crippen molar-refractivity contribution in [2.45, 2.75) is 45.4 Å². The maximum absolute atomic E-state index is 12.5. The van der Waals surface area contributed by atoms with Crippen molar-refractivity contribution in [2.24, 2.45) is 0 Å². The first-order valence-corrected chi connectivity index (χ1v) is 10.3. The largest absolute Gasteiger partial charge is 0.449 e. The van der Waals surface area contributed by atoms with Gasteiger partial charge in [0.2, 0.25) is 0 Å². The highest BCUT2D eigenvalue weighted by Gasteiger charge is 2.19. The van der Waals surface area contributed by atoms with Gasteiger partial charge in [0.05, 0.1) is 15.7 Å². The molecule has 4 rings (SSSR count). The van der Waals surface area contributed by atoms with Crippen molar-refractivity contribution in [1.82, 2.24) is 10.3 Å². The summed E-state index contributed by atoms with van der Waals surface area (Å²) in [5.41, 5.74) is 2.70. The molecule has 0 unspecified atom stereocenters. The van der Waals surface area contributed by atoms with Crippen LogP contribution in [-0.4, -0.2) is 17.4 Å². The molecule has 0 aliphatic heterocycles. The van der Waals surface area contributed by atoms with Crippen LogP contribution in [-0.2, 0) is 19.3 Å². The number of hydrogen-bond donors (Lipinski definition) is 1. The average Bonchev–Trinajstić information content (AvgIpc) is 3.20. The standard InChI is InChI=1S/C20H21ClN2O2S/c1-12-13-6-4-7-14(21)19(13)25-18(12)20(24)22-11-5-10-17-23-15-8-2-3-9-16(15)26-17/h4,6-7H,2-3,5,8-11H2,1H3,(H,22,24). The van der Waals surface area contributed by atoms with Crippen LogP contribution in [0.3, 0.4) is 0 Å². The summed E-state index contributed by atoms with van der Waals surface area (Å²) in [5, 5.41) is 5.56. The molecule has 0 bridgehead atoms. The second-order valence-electron chi connectivity index (χ2n) is 6.72. The maximum Gasteiger partial charge on any atom is 0.287 e. The van der Waals surface area contributed by atoms with Crippen LogP contribution in [0.4, 0.5) is 0 Å². The summed E-state index contributed by atoms with van der Waals surface area (Å²) >= 11 is 7.99. The summed E-state index contributed by atoms with van der Waals surface area (Å²) in [6.07, 6.45) is 6.62. The number of para-hydroxylation sites is 1. The van der Waals surface area contributed by atoms with Gasteiger partial charge in [-0.15, -0.1) is 11.3 Å². The van der Waals surface area contributed by atoms with Gasteiger partial charge in [0.15, 0.2) is 11.3 Å². The van der Waals surface area contributed by atoms with Crippen LogP contribution in [0, 0.1) is 6.92 Å². The van der Waals surface area contributed by atoms with E-state index in [9.17, 15) is 4.79 Å². The second kappa shape index (κ2) is 7.41. The number of fused-ring (bicyclic) bond motifs is 2. The summed E-state index contributed by atoms with van der Waals surface area (Å²) in [4.78, 5) is 18.7. The molecule has 3 aromatic rings. The zero-order valence-corrected chi connectivity index (χ0v) is 16.3. The number of carbonyl (C=O) groups excluding carboxylic acids is 1. The average molecular weight is 389 g/mol. The summed E-state index contributed by atoms with van der Waals surface area (Å²) in [6.45, 7) is 2.49. The Balaban J connectivity index is 1.35. The van der Waals surface area contributed by atoms with Crippen molar-refractivity contribution < 1.29 is 9.21 Å². The molecule has 0 radical (unpaired) electrons. The van der Waals surface area contributed by atoms with E-state index in [1.165, 1.54) is 34.8 Å². The SMILES string of the molecule is Cc1c(C(=O)NCCCc2nc3c(s2)CCCC3)oc2c(Cl)cccc12. The molecule has 0 saturated heterocycles. The van der Waals surface area contributed by atoms with E-state index in [0.29, 0.717) is 22.9 Å². The van der Waals surface area contributed by atoms with Crippen LogP contribution >= 0.6 is 22.9 Å². The van der Waals surface area contributed by atoms with Crippen molar-refractivity contribution in [3.05, 3.63) is 50.1 Å². The molecular formula is C20H21ClN2O2S. The fourth-order valence-corrected chi connectivity index (χ4v) is 4.87. The van der Waals surface area contributed by atoms with Crippen molar-refractivity contribution in [2.75, 3.05) is 6.54 Å². The number of carbonyl (C=O) groups is 1. The van der Waals surface area contributed by atoms with Gasteiger partial charge < -0.3 is 9.73 Å². The molecule has 0 saturated carbocycles. The Kier molecular flexibility index (Phi) is 5.00. The highest BCUT2D eigenvalue weighted by molar-refractivity contribution is 7.11. The van der Waals surface area contributed by atoms with Crippen LogP contribution in [0.5, 0.6) is 0 Å². The zero-order chi connectivity index (χ0) is 18.1. The fourth-order valence-electron chi connectivity index (χ4n) is 3.46. The normalized spacial score (nSPS) is 13.8. The topological polar surface area (TPSA) is 55.1 Å². The van der Waals surface area contributed by atoms with Crippen LogP contribution in [0.1, 0.15) is 51.0 Å². The van der Waals surface area contributed by atoms with Crippen molar-refractivity contribution in [1.29, 1.82) is 0 Å². The number of halogens is 1. The first kappa shape index (κ1) is 17.6. The van der Waals surface area contributed by atoms with Gasteiger partial charge in [-0.1, -0.05) is 23.7 Å². The first-order valence-electron chi connectivity index (χ1n) is 9.07. The number of thiazole rings is 1. The minimum absolute atomic E-state index is 0.187. The number of aromatic nitrogens is 1. The van der Waals surface area contributed by atoms with Crippen LogP contribution in [0.25, 0.3) is 11.0 Å². The number of benzene rings is 1. The van der Waals surface area contributed by atoms with E-state index in [1.54, 1.807) is 6.07 Å². The van der Waals surface area contributed by atoms with E-state index in [4.69, 9.17) is 21.0 Å². The lowest BCUT2D eigenvalue weighted by Gasteiger charge is -2.06. The summed E-state index contributed by atoms with van der Waals surface area (Å²) < 4.78 is 5.71. The van der Waals surface area contributed by atoms with Gasteiger partial charge in [0, 0.05) is 28.8 Å². The van der Waals surface area contributed by atoms with E-state index in [2.05, 4.69) is 5.32 Å². The molecule has 2 aromatic heterocycles. The Bertz CT molecular complexity index is 937. The molecule has 136 valence electrons. The zero-order valence-electron chi connectivity index (χ0n) is 14.7. The highest BCUT2D eigenvalue weighted by atomic mass is 35.5. The third-order valence-corrected chi connectivity index (χ3v) is 6.38.